The molecule has 0 bridgehead atoms. The Hall–Kier alpha value is -4.17. The number of amides is 1. The van der Waals surface area contributed by atoms with Crippen molar-refractivity contribution in [1.82, 2.24) is 10.3 Å². The molecule has 0 aliphatic carbocycles. The van der Waals surface area contributed by atoms with Gasteiger partial charge in [-0.25, -0.2) is 8.42 Å². The lowest BCUT2D eigenvalue weighted by Crippen LogP contribution is -2.31. The van der Waals surface area contributed by atoms with Gasteiger partial charge in [-0.1, -0.05) is 42.5 Å². The first-order valence-electron chi connectivity index (χ1n) is 11.0. The molecule has 35 heavy (non-hydrogen) atoms. The van der Waals surface area contributed by atoms with E-state index >= 15 is 0 Å². The van der Waals surface area contributed by atoms with Gasteiger partial charge in [-0.3, -0.25) is 14.1 Å². The molecule has 3 aromatic carbocycles. The number of carbonyl (C=O) groups excluding carboxylic acids is 1. The minimum absolute atomic E-state index is 0.0229. The average molecular weight is 488 g/mol. The van der Waals surface area contributed by atoms with Crippen LogP contribution in [0.5, 0.6) is 5.75 Å². The summed E-state index contributed by atoms with van der Waals surface area (Å²) in [5.74, 6) is 0.240. The van der Waals surface area contributed by atoms with Crippen molar-refractivity contribution in [2.24, 2.45) is 0 Å². The zero-order valence-corrected chi connectivity index (χ0v) is 20.0. The van der Waals surface area contributed by atoms with Crippen molar-refractivity contribution in [3.8, 4) is 5.75 Å². The summed E-state index contributed by atoms with van der Waals surface area (Å²) in [5, 5.41) is 2.78. The van der Waals surface area contributed by atoms with E-state index in [0.717, 1.165) is 5.56 Å². The third-order valence-corrected chi connectivity index (χ3v) is 7.14. The molecule has 1 amide bonds. The highest BCUT2D eigenvalue weighted by Gasteiger charge is 2.26. The number of pyridine rings is 1. The quantitative estimate of drug-likeness (QED) is 0.378. The van der Waals surface area contributed by atoms with Crippen LogP contribution in [0, 0.1) is 0 Å². The van der Waals surface area contributed by atoms with Gasteiger partial charge >= 0.3 is 0 Å². The van der Waals surface area contributed by atoms with Gasteiger partial charge in [0.15, 0.2) is 0 Å². The van der Waals surface area contributed by atoms with E-state index in [9.17, 15) is 13.2 Å². The minimum atomic E-state index is -3.99. The number of methoxy groups -OCH3 is 1. The van der Waals surface area contributed by atoms with Gasteiger partial charge in [0.2, 0.25) is 0 Å². The molecule has 0 saturated carbocycles. The van der Waals surface area contributed by atoms with Crippen molar-refractivity contribution in [3.63, 3.8) is 0 Å². The monoisotopic (exact) mass is 487 g/mol. The first-order valence-corrected chi connectivity index (χ1v) is 12.4. The van der Waals surface area contributed by atoms with Crippen LogP contribution in [0.1, 0.15) is 21.6 Å². The molecule has 178 valence electrons. The van der Waals surface area contributed by atoms with Crippen molar-refractivity contribution < 1.29 is 17.9 Å². The Kier molecular flexibility index (Phi) is 7.42. The highest BCUT2D eigenvalue weighted by molar-refractivity contribution is 7.92. The Morgan fingerprint density at radius 2 is 1.66 bits per heavy atom. The van der Waals surface area contributed by atoms with Gasteiger partial charge < -0.3 is 10.1 Å². The molecule has 0 radical (unpaired) electrons. The number of hydrogen-bond donors (Lipinski definition) is 1. The zero-order chi connectivity index (χ0) is 24.7. The van der Waals surface area contributed by atoms with Gasteiger partial charge in [-0.2, -0.15) is 0 Å². The van der Waals surface area contributed by atoms with Crippen LogP contribution >= 0.6 is 0 Å². The molecule has 4 rings (SSSR count). The molecule has 0 saturated heterocycles. The van der Waals surface area contributed by atoms with E-state index in [-0.39, 0.29) is 29.5 Å². The Balaban J connectivity index is 1.63. The second-order valence-corrected chi connectivity index (χ2v) is 9.59. The summed E-state index contributed by atoms with van der Waals surface area (Å²) in [6.45, 7) is 0.369. The lowest BCUT2D eigenvalue weighted by molar-refractivity contribution is 0.0950. The number of nitrogens with one attached hydrogen (secondary N) is 1. The van der Waals surface area contributed by atoms with E-state index in [2.05, 4.69) is 10.3 Å². The number of rotatable bonds is 9. The van der Waals surface area contributed by atoms with E-state index < -0.39 is 10.0 Å². The fourth-order valence-corrected chi connectivity index (χ4v) is 5.01. The van der Waals surface area contributed by atoms with Crippen molar-refractivity contribution >= 4 is 21.6 Å². The highest BCUT2D eigenvalue weighted by atomic mass is 32.2. The molecule has 8 heteroatoms. The smallest absolute Gasteiger partial charge is 0.264 e. The minimum Gasteiger partial charge on any atom is -0.497 e. The number of ether oxygens (including phenoxy) is 1. The zero-order valence-electron chi connectivity index (χ0n) is 19.2. The number of nitrogens with zero attached hydrogens (tertiary/aromatic N) is 2. The Bertz CT molecular complexity index is 1380. The molecule has 1 heterocycles. The molecular weight excluding hydrogens is 462 g/mol. The van der Waals surface area contributed by atoms with Gasteiger partial charge in [-0.05, 0) is 60.2 Å². The molecule has 0 fully saturated rings. The van der Waals surface area contributed by atoms with Crippen molar-refractivity contribution in [3.05, 3.63) is 120 Å². The molecule has 0 spiro atoms. The van der Waals surface area contributed by atoms with Crippen LogP contribution in [0.2, 0.25) is 0 Å². The Labute approximate surface area is 205 Å². The highest BCUT2D eigenvalue weighted by Crippen LogP contribution is 2.28. The predicted octanol–water partition coefficient (Wildman–Crippen LogP) is 4.42. The third-order valence-electron chi connectivity index (χ3n) is 5.37. The summed E-state index contributed by atoms with van der Waals surface area (Å²) in [4.78, 5) is 16.9. The largest absolute Gasteiger partial charge is 0.497 e. The van der Waals surface area contributed by atoms with E-state index in [1.807, 2.05) is 36.4 Å². The number of benzene rings is 3. The standard InChI is InChI=1S/C27H25N3O4S/c1-34-25-15-13-24(14-16-25)30(20-21-8-3-2-4-9-21)35(32,33)26-12-7-10-22(18-26)27(31)29-19-23-11-5-6-17-28-23/h2-18H,19-20H2,1H3,(H,29,31). The van der Waals surface area contributed by atoms with Crippen LogP contribution in [-0.2, 0) is 23.1 Å². The number of anilines is 1. The van der Waals surface area contributed by atoms with E-state index in [0.29, 0.717) is 17.1 Å². The Morgan fingerprint density at radius 3 is 2.34 bits per heavy atom. The van der Waals surface area contributed by atoms with Crippen LogP contribution in [0.15, 0.2) is 108 Å². The molecule has 1 N–H and O–H groups in total. The molecule has 0 unspecified atom stereocenters. The maximum Gasteiger partial charge on any atom is 0.264 e. The summed E-state index contributed by atoms with van der Waals surface area (Å²) in [6.07, 6.45) is 1.65. The van der Waals surface area contributed by atoms with Gasteiger partial charge in [0, 0.05) is 11.8 Å². The van der Waals surface area contributed by atoms with E-state index in [1.54, 1.807) is 61.8 Å². The van der Waals surface area contributed by atoms with Crippen LogP contribution < -0.4 is 14.4 Å². The van der Waals surface area contributed by atoms with Gasteiger partial charge in [-0.15, -0.1) is 0 Å². The van der Waals surface area contributed by atoms with Gasteiger partial charge in [0.25, 0.3) is 15.9 Å². The summed E-state index contributed by atoms with van der Waals surface area (Å²) in [7, 11) is -2.44. The van der Waals surface area contributed by atoms with Crippen molar-refractivity contribution in [2.75, 3.05) is 11.4 Å². The number of carbonyl (C=O) groups is 1. The molecular formula is C27H25N3O4S. The summed E-state index contributed by atoms with van der Waals surface area (Å²) in [5.41, 5.74) is 2.27. The van der Waals surface area contributed by atoms with Crippen LogP contribution in [0.4, 0.5) is 5.69 Å². The first kappa shape index (κ1) is 24.0. The molecule has 4 aromatic rings. The second-order valence-electron chi connectivity index (χ2n) is 7.73. The summed E-state index contributed by atoms with van der Waals surface area (Å²) in [6, 6.07) is 27.6. The maximum absolute atomic E-state index is 13.8. The Morgan fingerprint density at radius 1 is 0.914 bits per heavy atom. The lowest BCUT2D eigenvalue weighted by atomic mass is 10.2. The third kappa shape index (κ3) is 5.85. The maximum atomic E-state index is 13.8. The molecule has 1 aromatic heterocycles. The fourth-order valence-electron chi connectivity index (χ4n) is 3.51. The van der Waals surface area contributed by atoms with Crippen molar-refractivity contribution in [2.45, 2.75) is 18.0 Å². The van der Waals surface area contributed by atoms with Crippen LogP contribution in [-0.4, -0.2) is 26.4 Å². The normalized spacial score (nSPS) is 11.0. The number of hydrogen-bond acceptors (Lipinski definition) is 5. The SMILES string of the molecule is COc1ccc(N(Cc2ccccc2)S(=O)(=O)c2cccc(C(=O)NCc3ccccn3)c2)cc1. The van der Waals surface area contributed by atoms with Gasteiger partial charge in [0.1, 0.15) is 5.75 Å². The molecule has 0 aliphatic heterocycles. The summed E-state index contributed by atoms with van der Waals surface area (Å²) >= 11 is 0. The van der Waals surface area contributed by atoms with E-state index in [4.69, 9.17) is 4.74 Å². The predicted molar refractivity (Wildman–Crippen MR) is 135 cm³/mol. The fraction of sp³-hybridized carbons (Fsp3) is 0.111. The molecule has 0 aliphatic rings. The molecule has 0 atom stereocenters. The average Bonchev–Trinajstić information content (AvgIpc) is 2.91. The topological polar surface area (TPSA) is 88.6 Å². The second kappa shape index (κ2) is 10.8. The van der Waals surface area contributed by atoms with Crippen LogP contribution in [0.25, 0.3) is 0 Å². The first-order chi connectivity index (χ1) is 17.0. The summed E-state index contributed by atoms with van der Waals surface area (Å²) < 4.78 is 34.1. The van der Waals surface area contributed by atoms with E-state index in [1.165, 1.54) is 16.4 Å². The molecule has 7 nitrogen and oxygen atoms in total. The number of sulfonamides is 1. The number of aromatic nitrogens is 1. The lowest BCUT2D eigenvalue weighted by Gasteiger charge is -2.25. The van der Waals surface area contributed by atoms with Crippen LogP contribution in [0.3, 0.4) is 0 Å². The van der Waals surface area contributed by atoms with Gasteiger partial charge in [0.05, 0.1) is 36.5 Å². The van der Waals surface area contributed by atoms with Crippen molar-refractivity contribution in [1.29, 1.82) is 0 Å².